The normalized spacial score (nSPS) is 23.9. The number of hydrogen-bond donors (Lipinski definition) is 4. The second-order valence-electron chi connectivity index (χ2n) is 6.78. The van der Waals surface area contributed by atoms with Gasteiger partial charge in [0.1, 0.15) is 5.69 Å². The van der Waals surface area contributed by atoms with E-state index in [1.165, 1.54) is 6.20 Å². The Bertz CT molecular complexity index is 765. The molecule has 15 heteroatoms. The van der Waals surface area contributed by atoms with Gasteiger partial charge in [0.2, 0.25) is 0 Å². The SMILES string of the molecule is Cc1cnc(C(=O)NC23CC(N)(C2)C3)cn1.O=C(O)C(F)(F)F.O=C(O)C(F)(F)F. The zero-order chi connectivity index (χ0) is 23.5. The molecule has 2 bridgehead atoms. The number of rotatable bonds is 2. The van der Waals surface area contributed by atoms with Crippen molar-refractivity contribution < 1.29 is 50.9 Å². The van der Waals surface area contributed by atoms with E-state index in [4.69, 9.17) is 25.5 Å². The molecule has 1 heterocycles. The first-order valence-corrected chi connectivity index (χ1v) is 7.89. The maximum Gasteiger partial charge on any atom is 0.490 e. The molecule has 1 aromatic rings. The molecule has 1 aromatic heterocycles. The van der Waals surface area contributed by atoms with E-state index in [0.717, 1.165) is 25.0 Å². The lowest BCUT2D eigenvalue weighted by atomic mass is 9.44. The number of amides is 1. The van der Waals surface area contributed by atoms with Crippen molar-refractivity contribution in [3.05, 3.63) is 23.8 Å². The summed E-state index contributed by atoms with van der Waals surface area (Å²) in [6, 6.07) is 0. The summed E-state index contributed by atoms with van der Waals surface area (Å²) in [5.74, 6) is -5.66. The van der Waals surface area contributed by atoms with Gasteiger partial charge in [0.05, 0.1) is 11.9 Å². The standard InChI is InChI=1S/C11H14N4O.2C2HF3O2/c1-7-2-14-8(3-13-7)9(16)15-11-4-10(12,5-11)6-11;2*3-2(4,5)1(6)7/h2-3H,4-6,12H2,1H3,(H,15,16);2*(H,6,7). The Balaban J connectivity index is 0.000000271. The minimum Gasteiger partial charge on any atom is -0.475 e. The van der Waals surface area contributed by atoms with Crippen LogP contribution in [0.5, 0.6) is 0 Å². The van der Waals surface area contributed by atoms with Gasteiger partial charge >= 0.3 is 24.3 Å². The second-order valence-corrected chi connectivity index (χ2v) is 6.78. The van der Waals surface area contributed by atoms with Gasteiger partial charge in [-0.05, 0) is 26.2 Å². The highest BCUT2D eigenvalue weighted by molar-refractivity contribution is 5.92. The van der Waals surface area contributed by atoms with E-state index in [2.05, 4.69) is 15.3 Å². The summed E-state index contributed by atoms with van der Waals surface area (Å²) in [5, 5.41) is 17.2. The molecule has 0 saturated heterocycles. The molecule has 30 heavy (non-hydrogen) atoms. The summed E-state index contributed by atoms with van der Waals surface area (Å²) in [4.78, 5) is 37.7. The summed E-state index contributed by atoms with van der Waals surface area (Å²) in [7, 11) is 0. The molecule has 3 fully saturated rings. The van der Waals surface area contributed by atoms with Crippen LogP contribution >= 0.6 is 0 Å². The number of nitrogens with one attached hydrogen (secondary N) is 1. The van der Waals surface area contributed by atoms with Crippen LogP contribution in [-0.4, -0.2) is 61.5 Å². The van der Waals surface area contributed by atoms with Crippen LogP contribution in [0.2, 0.25) is 0 Å². The number of alkyl halides is 6. The molecule has 168 valence electrons. The summed E-state index contributed by atoms with van der Waals surface area (Å²) in [5.41, 5.74) is 7.08. The zero-order valence-corrected chi connectivity index (χ0v) is 15.1. The van der Waals surface area contributed by atoms with Gasteiger partial charge in [-0.3, -0.25) is 9.78 Å². The van der Waals surface area contributed by atoms with Gasteiger partial charge in [-0.1, -0.05) is 0 Å². The number of halogens is 6. The molecule has 0 spiro atoms. The summed E-state index contributed by atoms with van der Waals surface area (Å²) in [6.45, 7) is 1.84. The van der Waals surface area contributed by atoms with Crippen molar-refractivity contribution in [2.75, 3.05) is 0 Å². The van der Waals surface area contributed by atoms with Gasteiger partial charge in [-0.25, -0.2) is 14.6 Å². The molecule has 9 nitrogen and oxygen atoms in total. The molecule has 3 aliphatic rings. The first kappa shape index (κ1) is 25.1. The van der Waals surface area contributed by atoms with Crippen LogP contribution in [0.3, 0.4) is 0 Å². The predicted octanol–water partition coefficient (Wildman–Crippen LogP) is 1.42. The van der Waals surface area contributed by atoms with Crippen molar-refractivity contribution in [2.24, 2.45) is 5.73 Å². The van der Waals surface area contributed by atoms with Crippen LogP contribution in [0.1, 0.15) is 35.4 Å². The number of nitrogens with zero attached hydrogens (tertiary/aromatic N) is 2. The number of aliphatic carboxylic acids is 2. The number of carboxylic acids is 2. The highest BCUT2D eigenvalue weighted by Gasteiger charge is 2.66. The van der Waals surface area contributed by atoms with Crippen molar-refractivity contribution in [2.45, 2.75) is 49.6 Å². The molecule has 3 aliphatic carbocycles. The quantitative estimate of drug-likeness (QED) is 0.497. The van der Waals surface area contributed by atoms with Gasteiger partial charge in [0, 0.05) is 17.3 Å². The Labute approximate surface area is 164 Å². The summed E-state index contributed by atoms with van der Waals surface area (Å²) >= 11 is 0. The molecule has 0 radical (unpaired) electrons. The van der Waals surface area contributed by atoms with E-state index in [1.54, 1.807) is 6.20 Å². The van der Waals surface area contributed by atoms with Crippen LogP contribution in [0.15, 0.2) is 12.4 Å². The molecular formula is C15H16F6N4O5. The van der Waals surface area contributed by atoms with Crippen molar-refractivity contribution >= 4 is 17.8 Å². The van der Waals surface area contributed by atoms with E-state index < -0.39 is 24.3 Å². The molecule has 3 saturated carbocycles. The van der Waals surface area contributed by atoms with Crippen LogP contribution in [-0.2, 0) is 9.59 Å². The Morgan fingerprint density at radius 2 is 1.37 bits per heavy atom. The number of carbonyl (C=O) groups is 3. The van der Waals surface area contributed by atoms with E-state index >= 15 is 0 Å². The lowest BCUT2D eigenvalue weighted by Gasteiger charge is -2.68. The van der Waals surface area contributed by atoms with Crippen molar-refractivity contribution in [3.63, 3.8) is 0 Å². The minimum absolute atomic E-state index is 0.00619. The number of aromatic nitrogens is 2. The van der Waals surface area contributed by atoms with Crippen LogP contribution in [0.4, 0.5) is 26.3 Å². The number of nitrogens with two attached hydrogens (primary N) is 1. The van der Waals surface area contributed by atoms with Gasteiger partial charge in [0.15, 0.2) is 0 Å². The Morgan fingerprint density at radius 3 is 1.63 bits per heavy atom. The third-order valence-corrected chi connectivity index (χ3v) is 3.95. The molecule has 1 amide bonds. The highest BCUT2D eigenvalue weighted by atomic mass is 19.4. The van der Waals surface area contributed by atoms with Crippen LogP contribution in [0, 0.1) is 6.92 Å². The second kappa shape index (κ2) is 8.41. The topological polar surface area (TPSA) is 156 Å². The molecule has 0 unspecified atom stereocenters. The first-order valence-electron chi connectivity index (χ1n) is 7.89. The maximum atomic E-state index is 11.8. The molecule has 4 rings (SSSR count). The van der Waals surface area contributed by atoms with Crippen molar-refractivity contribution in [1.29, 1.82) is 0 Å². The average molecular weight is 446 g/mol. The Kier molecular flexibility index (Phi) is 7.03. The molecule has 0 atom stereocenters. The van der Waals surface area contributed by atoms with Gasteiger partial charge in [-0.2, -0.15) is 26.3 Å². The molecule has 0 aliphatic heterocycles. The van der Waals surface area contributed by atoms with E-state index in [1.807, 2.05) is 6.92 Å². The van der Waals surface area contributed by atoms with Gasteiger partial charge in [-0.15, -0.1) is 0 Å². The average Bonchev–Trinajstić information content (AvgIpc) is 2.52. The number of carbonyl (C=O) groups excluding carboxylic acids is 1. The fourth-order valence-corrected chi connectivity index (χ4v) is 2.81. The Morgan fingerprint density at radius 1 is 0.967 bits per heavy atom. The maximum absolute atomic E-state index is 11.8. The zero-order valence-electron chi connectivity index (χ0n) is 15.1. The van der Waals surface area contributed by atoms with E-state index in [-0.39, 0.29) is 17.0 Å². The smallest absolute Gasteiger partial charge is 0.475 e. The third kappa shape index (κ3) is 6.82. The fraction of sp³-hybridized carbons (Fsp3) is 0.533. The highest BCUT2D eigenvalue weighted by Crippen LogP contribution is 2.58. The molecular weight excluding hydrogens is 430 g/mol. The van der Waals surface area contributed by atoms with Gasteiger partial charge in [0.25, 0.3) is 5.91 Å². The minimum atomic E-state index is -5.08. The lowest BCUT2D eigenvalue weighted by Crippen LogP contribution is -2.82. The van der Waals surface area contributed by atoms with Crippen molar-refractivity contribution in [3.8, 4) is 0 Å². The van der Waals surface area contributed by atoms with E-state index in [9.17, 15) is 31.1 Å². The fourth-order valence-electron chi connectivity index (χ4n) is 2.81. The Hall–Kier alpha value is -2.97. The number of aryl methyl sites for hydroxylation is 1. The summed E-state index contributed by atoms with van der Waals surface area (Å²) in [6.07, 6.45) is -4.38. The predicted molar refractivity (Wildman–Crippen MR) is 85.1 cm³/mol. The number of carboxylic acid groups (broad SMARTS) is 2. The summed E-state index contributed by atoms with van der Waals surface area (Å²) < 4.78 is 63.5. The first-order chi connectivity index (χ1) is 13.4. The van der Waals surface area contributed by atoms with Crippen LogP contribution in [0.25, 0.3) is 0 Å². The van der Waals surface area contributed by atoms with Gasteiger partial charge < -0.3 is 21.3 Å². The van der Waals surface area contributed by atoms with E-state index in [0.29, 0.717) is 5.69 Å². The van der Waals surface area contributed by atoms with Crippen LogP contribution < -0.4 is 11.1 Å². The van der Waals surface area contributed by atoms with Crippen molar-refractivity contribution in [1.82, 2.24) is 15.3 Å². The third-order valence-electron chi connectivity index (χ3n) is 3.95. The monoisotopic (exact) mass is 446 g/mol. The lowest BCUT2D eigenvalue weighted by molar-refractivity contribution is -0.193. The number of hydrogen-bond acceptors (Lipinski definition) is 6. The molecule has 0 aromatic carbocycles. The largest absolute Gasteiger partial charge is 0.490 e. The molecule has 5 N–H and O–H groups in total.